The van der Waals surface area contributed by atoms with Crippen molar-refractivity contribution in [3.8, 4) is 5.75 Å². The van der Waals surface area contributed by atoms with Crippen LogP contribution in [0.4, 0.5) is 0 Å². The van der Waals surface area contributed by atoms with Gasteiger partial charge in [-0.1, -0.05) is 0 Å². The first-order chi connectivity index (χ1) is 6.90. The minimum atomic E-state index is 0.894. The molecule has 3 heteroatoms. The molecule has 0 unspecified atom stereocenters. The molecule has 3 nitrogen and oxygen atoms in total. The number of hydrogen-bond donors (Lipinski definition) is 2. The van der Waals surface area contributed by atoms with Crippen LogP contribution in [0.5, 0.6) is 5.75 Å². The maximum absolute atomic E-state index is 5.35. The van der Waals surface area contributed by atoms with Crippen molar-refractivity contribution >= 4 is 10.9 Å². The molecule has 2 aromatic rings. The fourth-order valence-electron chi connectivity index (χ4n) is 2.18. The van der Waals surface area contributed by atoms with Crippen LogP contribution in [-0.4, -0.2) is 12.1 Å². The summed E-state index contributed by atoms with van der Waals surface area (Å²) in [6.07, 6.45) is 2.07. The van der Waals surface area contributed by atoms with Crippen molar-refractivity contribution < 1.29 is 4.74 Å². The maximum Gasteiger partial charge on any atom is 0.124 e. The van der Waals surface area contributed by atoms with E-state index in [0.717, 1.165) is 18.8 Å². The van der Waals surface area contributed by atoms with E-state index in [1.165, 1.54) is 22.0 Å². The molecule has 1 aromatic carbocycles. The summed E-state index contributed by atoms with van der Waals surface area (Å²) >= 11 is 0. The summed E-state index contributed by atoms with van der Waals surface area (Å²) in [4.78, 5) is 3.28. The first-order valence-electron chi connectivity index (χ1n) is 4.76. The van der Waals surface area contributed by atoms with Gasteiger partial charge in [0.15, 0.2) is 0 Å². The average Bonchev–Trinajstić information content (AvgIpc) is 2.65. The molecule has 0 saturated carbocycles. The molecule has 2 N–H and O–H groups in total. The normalized spacial score (nSPS) is 14.6. The number of hydrogen-bond acceptors (Lipinski definition) is 2. The smallest absolute Gasteiger partial charge is 0.124 e. The van der Waals surface area contributed by atoms with Crippen molar-refractivity contribution in [2.24, 2.45) is 0 Å². The molecule has 0 saturated heterocycles. The quantitative estimate of drug-likeness (QED) is 0.715. The monoisotopic (exact) mass is 188 g/mol. The van der Waals surface area contributed by atoms with Crippen LogP contribution in [0, 0.1) is 0 Å². The molecule has 0 atom stereocenters. The van der Waals surface area contributed by atoms with Gasteiger partial charge in [-0.2, -0.15) is 0 Å². The second-order valence-electron chi connectivity index (χ2n) is 3.59. The lowest BCUT2D eigenvalue weighted by Crippen LogP contribution is -2.17. The molecule has 2 heterocycles. The van der Waals surface area contributed by atoms with Gasteiger partial charge in [0.25, 0.3) is 0 Å². The number of aromatic amines is 1. The van der Waals surface area contributed by atoms with Crippen molar-refractivity contribution in [1.82, 2.24) is 10.3 Å². The highest BCUT2D eigenvalue weighted by molar-refractivity contribution is 5.89. The van der Waals surface area contributed by atoms with Crippen LogP contribution in [0.25, 0.3) is 10.9 Å². The number of H-pyrrole nitrogens is 1. The number of nitrogens with one attached hydrogen (secondary N) is 2. The van der Waals surface area contributed by atoms with Gasteiger partial charge in [0, 0.05) is 35.8 Å². The van der Waals surface area contributed by atoms with Crippen LogP contribution in [0.1, 0.15) is 11.1 Å². The van der Waals surface area contributed by atoms with E-state index in [-0.39, 0.29) is 0 Å². The number of benzene rings is 1. The molecule has 0 bridgehead atoms. The molecule has 1 aliphatic rings. The number of aromatic nitrogens is 1. The van der Waals surface area contributed by atoms with Crippen LogP contribution >= 0.6 is 0 Å². The summed E-state index contributed by atoms with van der Waals surface area (Å²) in [5, 5.41) is 4.70. The number of rotatable bonds is 1. The van der Waals surface area contributed by atoms with Gasteiger partial charge >= 0.3 is 0 Å². The third-order valence-electron chi connectivity index (χ3n) is 2.83. The molecular weight excluding hydrogens is 176 g/mol. The zero-order valence-corrected chi connectivity index (χ0v) is 8.05. The lowest BCUT2D eigenvalue weighted by atomic mass is 10.0. The summed E-state index contributed by atoms with van der Waals surface area (Å²) in [5.41, 5.74) is 3.81. The van der Waals surface area contributed by atoms with Gasteiger partial charge in [0.05, 0.1) is 7.11 Å². The fraction of sp³-hybridized carbons (Fsp3) is 0.273. The molecule has 1 aliphatic heterocycles. The Morgan fingerprint density at radius 3 is 3.07 bits per heavy atom. The summed E-state index contributed by atoms with van der Waals surface area (Å²) in [7, 11) is 1.72. The van der Waals surface area contributed by atoms with Crippen molar-refractivity contribution in [3.63, 3.8) is 0 Å². The number of ether oxygens (including phenoxy) is 1. The van der Waals surface area contributed by atoms with Crippen LogP contribution < -0.4 is 10.1 Å². The van der Waals surface area contributed by atoms with Gasteiger partial charge in [0.2, 0.25) is 0 Å². The third kappa shape index (κ3) is 0.902. The van der Waals surface area contributed by atoms with E-state index in [2.05, 4.69) is 22.6 Å². The Bertz CT molecular complexity index is 487. The molecule has 1 aromatic heterocycles. The molecule has 0 amide bonds. The summed E-state index contributed by atoms with van der Waals surface area (Å²) < 4.78 is 5.35. The lowest BCUT2D eigenvalue weighted by Gasteiger charge is -2.16. The molecule has 0 fully saturated rings. The van der Waals surface area contributed by atoms with Crippen LogP contribution in [-0.2, 0) is 13.1 Å². The Labute approximate surface area is 82.1 Å². The van der Waals surface area contributed by atoms with E-state index in [4.69, 9.17) is 4.74 Å². The SMILES string of the molecule is COc1ccc2[nH]cc3c2c1CNC3. The second kappa shape index (κ2) is 2.75. The molecule has 14 heavy (non-hydrogen) atoms. The molecule has 3 rings (SSSR count). The molecule has 0 spiro atoms. The van der Waals surface area contributed by atoms with E-state index in [0.29, 0.717) is 0 Å². The first-order valence-corrected chi connectivity index (χ1v) is 4.76. The minimum Gasteiger partial charge on any atom is -0.496 e. The largest absolute Gasteiger partial charge is 0.496 e. The highest BCUT2D eigenvalue weighted by atomic mass is 16.5. The summed E-state index contributed by atoms with van der Waals surface area (Å²) in [6, 6.07) is 4.09. The molecule has 0 aliphatic carbocycles. The predicted octanol–water partition coefficient (Wildman–Crippen LogP) is 1.78. The lowest BCUT2D eigenvalue weighted by molar-refractivity contribution is 0.408. The highest BCUT2D eigenvalue weighted by Crippen LogP contribution is 2.32. The molecular formula is C11H12N2O. The summed E-state index contributed by atoms with van der Waals surface area (Å²) in [5.74, 6) is 0.977. The van der Waals surface area contributed by atoms with Crippen LogP contribution in [0.2, 0.25) is 0 Å². The second-order valence-corrected chi connectivity index (χ2v) is 3.59. The number of methoxy groups -OCH3 is 1. The van der Waals surface area contributed by atoms with Gasteiger partial charge in [-0.05, 0) is 17.7 Å². The Balaban J connectivity index is 2.41. The van der Waals surface area contributed by atoms with Gasteiger partial charge in [-0.25, -0.2) is 0 Å². The first kappa shape index (κ1) is 7.88. The van der Waals surface area contributed by atoms with E-state index in [1.807, 2.05) is 6.07 Å². The van der Waals surface area contributed by atoms with E-state index in [1.54, 1.807) is 7.11 Å². The van der Waals surface area contributed by atoms with Crippen molar-refractivity contribution in [2.75, 3.05) is 7.11 Å². The van der Waals surface area contributed by atoms with Crippen LogP contribution in [0.3, 0.4) is 0 Å². The summed E-state index contributed by atoms with van der Waals surface area (Å²) in [6.45, 7) is 1.84. The van der Waals surface area contributed by atoms with Gasteiger partial charge < -0.3 is 15.0 Å². The van der Waals surface area contributed by atoms with E-state index >= 15 is 0 Å². The fourth-order valence-corrected chi connectivity index (χ4v) is 2.18. The van der Waals surface area contributed by atoms with Gasteiger partial charge in [-0.3, -0.25) is 0 Å². The Hall–Kier alpha value is -1.48. The molecule has 72 valence electrons. The van der Waals surface area contributed by atoms with E-state index < -0.39 is 0 Å². The average molecular weight is 188 g/mol. The van der Waals surface area contributed by atoms with Gasteiger partial charge in [-0.15, -0.1) is 0 Å². The Kier molecular flexibility index (Phi) is 1.55. The minimum absolute atomic E-state index is 0.894. The predicted molar refractivity (Wildman–Crippen MR) is 55.4 cm³/mol. The van der Waals surface area contributed by atoms with Crippen molar-refractivity contribution in [3.05, 3.63) is 29.5 Å². The zero-order chi connectivity index (χ0) is 9.54. The maximum atomic E-state index is 5.35. The topological polar surface area (TPSA) is 37.0 Å². The van der Waals surface area contributed by atoms with E-state index in [9.17, 15) is 0 Å². The highest BCUT2D eigenvalue weighted by Gasteiger charge is 2.16. The van der Waals surface area contributed by atoms with Crippen molar-refractivity contribution in [1.29, 1.82) is 0 Å². The van der Waals surface area contributed by atoms with Crippen molar-refractivity contribution in [2.45, 2.75) is 13.1 Å². The van der Waals surface area contributed by atoms with Crippen LogP contribution in [0.15, 0.2) is 18.3 Å². The Morgan fingerprint density at radius 1 is 1.29 bits per heavy atom. The third-order valence-corrected chi connectivity index (χ3v) is 2.83. The zero-order valence-electron chi connectivity index (χ0n) is 8.05. The van der Waals surface area contributed by atoms with Gasteiger partial charge in [0.1, 0.15) is 5.75 Å². The Morgan fingerprint density at radius 2 is 2.21 bits per heavy atom. The standard InChI is InChI=1S/C11H12N2O/c1-14-10-3-2-9-11-7(5-13-9)4-12-6-8(10)11/h2-3,5,12-13H,4,6H2,1H3. The molecule has 0 radical (unpaired) electrons.